The minimum Gasteiger partial charge on any atom is -0.388 e. The molecule has 3 rings (SSSR count). The van der Waals surface area contributed by atoms with E-state index in [9.17, 15) is 14.3 Å². The smallest absolute Gasteiger partial charge is 0.273 e. The Morgan fingerprint density at radius 1 is 1.35 bits per heavy atom. The molecule has 2 aromatic rings. The number of nitrogens with zero attached hydrogens (tertiary/aromatic N) is 2. The predicted molar refractivity (Wildman–Crippen MR) is 121 cm³/mol. The monoisotopic (exact) mass is 449 g/mol. The normalized spacial score (nSPS) is 21.3. The van der Waals surface area contributed by atoms with Crippen molar-refractivity contribution in [2.45, 2.75) is 77.7 Å². The first-order chi connectivity index (χ1) is 14.8. The highest BCUT2D eigenvalue weighted by molar-refractivity contribution is 6.32. The van der Waals surface area contributed by atoms with Crippen LogP contribution in [0.4, 0.5) is 4.39 Å². The fourth-order valence-corrected chi connectivity index (χ4v) is 4.46. The van der Waals surface area contributed by atoms with Crippen LogP contribution in [0.2, 0.25) is 5.15 Å². The van der Waals surface area contributed by atoms with Gasteiger partial charge in [0.05, 0.1) is 11.3 Å². The number of nitrogens with one attached hydrogen (secondary N) is 1. The summed E-state index contributed by atoms with van der Waals surface area (Å²) in [7, 11) is 0. The lowest BCUT2D eigenvalue weighted by Gasteiger charge is -2.34. The molecule has 7 heteroatoms. The minimum absolute atomic E-state index is 0.0563. The van der Waals surface area contributed by atoms with Crippen molar-refractivity contribution in [2.24, 2.45) is 5.92 Å². The number of unbranched alkanes of at least 4 members (excludes halogenated alkanes) is 1. The van der Waals surface area contributed by atoms with Crippen molar-refractivity contribution in [3.8, 4) is 5.69 Å². The van der Waals surface area contributed by atoms with Gasteiger partial charge < -0.3 is 10.4 Å². The second-order valence-corrected chi connectivity index (χ2v) is 9.19. The fourth-order valence-electron chi connectivity index (χ4n) is 4.14. The van der Waals surface area contributed by atoms with E-state index in [1.54, 1.807) is 6.07 Å². The van der Waals surface area contributed by atoms with Crippen molar-refractivity contribution in [3.63, 3.8) is 0 Å². The molecule has 1 aromatic carbocycles. The molecular weight excluding hydrogens is 417 g/mol. The molecular formula is C24H33ClFN3O2. The van der Waals surface area contributed by atoms with Crippen molar-refractivity contribution in [2.75, 3.05) is 6.54 Å². The van der Waals surface area contributed by atoms with Crippen LogP contribution in [-0.4, -0.2) is 32.7 Å². The summed E-state index contributed by atoms with van der Waals surface area (Å²) < 4.78 is 16.4. The standard InChI is InChI=1S/C24H33ClFN3O2/c1-4-6-7-17-8-9-19(18(26)14-17)29-20(5-2)28-21(22(29)25)23(30)27-15-24(31)12-10-16(3)11-13-24/h8-9,14,16,31H,4-7,10-13,15H2,1-3H3,(H,27,30). The summed E-state index contributed by atoms with van der Waals surface area (Å²) in [6.07, 6.45) is 6.56. The molecule has 0 aliphatic heterocycles. The number of aryl methyl sites for hydroxylation is 2. The van der Waals surface area contributed by atoms with Crippen molar-refractivity contribution in [1.82, 2.24) is 14.9 Å². The van der Waals surface area contributed by atoms with Gasteiger partial charge in [0.1, 0.15) is 16.8 Å². The molecule has 0 atom stereocenters. The first-order valence-electron chi connectivity index (χ1n) is 11.3. The predicted octanol–water partition coefficient (Wildman–Crippen LogP) is 5.24. The summed E-state index contributed by atoms with van der Waals surface area (Å²) in [5.74, 6) is 0.266. The van der Waals surface area contributed by atoms with Crippen LogP contribution in [0, 0.1) is 11.7 Å². The van der Waals surface area contributed by atoms with Crippen LogP contribution in [0.5, 0.6) is 0 Å². The topological polar surface area (TPSA) is 67.2 Å². The lowest BCUT2D eigenvalue weighted by molar-refractivity contribution is -0.00543. The second-order valence-electron chi connectivity index (χ2n) is 8.84. The Hall–Kier alpha value is -1.92. The molecule has 0 radical (unpaired) electrons. The lowest BCUT2D eigenvalue weighted by atomic mass is 9.79. The molecule has 1 saturated carbocycles. The van der Waals surface area contributed by atoms with Gasteiger partial charge in [-0.25, -0.2) is 9.37 Å². The van der Waals surface area contributed by atoms with E-state index in [1.807, 2.05) is 13.0 Å². The highest BCUT2D eigenvalue weighted by atomic mass is 35.5. The number of benzene rings is 1. The number of hydrogen-bond donors (Lipinski definition) is 2. The molecule has 31 heavy (non-hydrogen) atoms. The van der Waals surface area contributed by atoms with Gasteiger partial charge in [0, 0.05) is 13.0 Å². The average molecular weight is 450 g/mol. The molecule has 1 amide bonds. The number of halogens is 2. The zero-order chi connectivity index (χ0) is 22.6. The molecule has 1 aliphatic carbocycles. The Bertz CT molecular complexity index is 920. The number of carbonyl (C=O) groups is 1. The van der Waals surface area contributed by atoms with Crippen LogP contribution < -0.4 is 5.32 Å². The van der Waals surface area contributed by atoms with E-state index in [4.69, 9.17) is 11.6 Å². The number of carbonyl (C=O) groups excluding carboxylic acids is 1. The average Bonchev–Trinajstić information content (AvgIpc) is 3.09. The number of rotatable bonds is 8. The third kappa shape index (κ3) is 5.47. The van der Waals surface area contributed by atoms with Gasteiger partial charge in [-0.3, -0.25) is 9.36 Å². The Labute approximate surface area is 189 Å². The molecule has 5 nitrogen and oxygen atoms in total. The molecule has 1 heterocycles. The van der Waals surface area contributed by atoms with Crippen LogP contribution in [-0.2, 0) is 12.8 Å². The highest BCUT2D eigenvalue weighted by Gasteiger charge is 2.33. The molecule has 1 aromatic heterocycles. The van der Waals surface area contributed by atoms with E-state index < -0.39 is 11.5 Å². The van der Waals surface area contributed by atoms with Crippen LogP contribution in [0.25, 0.3) is 5.69 Å². The summed E-state index contributed by atoms with van der Waals surface area (Å²) >= 11 is 6.52. The zero-order valence-electron chi connectivity index (χ0n) is 18.7. The Morgan fingerprint density at radius 2 is 2.06 bits per heavy atom. The van der Waals surface area contributed by atoms with Crippen LogP contribution in [0.3, 0.4) is 0 Å². The van der Waals surface area contributed by atoms with E-state index in [0.717, 1.165) is 37.7 Å². The SMILES string of the molecule is CCCCc1ccc(-n2c(CC)nc(C(=O)NCC3(O)CCC(C)CC3)c2Cl)c(F)c1. The minimum atomic E-state index is -0.898. The Morgan fingerprint density at radius 3 is 2.68 bits per heavy atom. The van der Waals surface area contributed by atoms with Crippen molar-refractivity contribution in [1.29, 1.82) is 0 Å². The van der Waals surface area contributed by atoms with Crippen molar-refractivity contribution in [3.05, 3.63) is 46.3 Å². The third-order valence-electron chi connectivity index (χ3n) is 6.28. The van der Waals surface area contributed by atoms with Crippen LogP contribution >= 0.6 is 11.6 Å². The van der Waals surface area contributed by atoms with Gasteiger partial charge in [-0.1, -0.05) is 44.9 Å². The van der Waals surface area contributed by atoms with E-state index >= 15 is 0 Å². The molecule has 1 fully saturated rings. The van der Waals surface area contributed by atoms with E-state index in [0.29, 0.717) is 31.0 Å². The first kappa shape index (κ1) is 23.7. The number of amides is 1. The number of aromatic nitrogens is 2. The molecule has 0 saturated heterocycles. The summed E-state index contributed by atoms with van der Waals surface area (Å²) in [4.78, 5) is 17.2. The van der Waals surface area contributed by atoms with Gasteiger partial charge in [0.2, 0.25) is 0 Å². The van der Waals surface area contributed by atoms with Gasteiger partial charge in [0.15, 0.2) is 5.69 Å². The molecule has 0 bridgehead atoms. The number of hydrogen-bond acceptors (Lipinski definition) is 3. The van der Waals surface area contributed by atoms with Crippen LogP contribution in [0.1, 0.15) is 81.2 Å². The van der Waals surface area contributed by atoms with Crippen LogP contribution in [0.15, 0.2) is 18.2 Å². The van der Waals surface area contributed by atoms with Crippen molar-refractivity contribution >= 4 is 17.5 Å². The quantitative estimate of drug-likeness (QED) is 0.579. The third-order valence-corrected chi connectivity index (χ3v) is 6.63. The molecule has 0 spiro atoms. The lowest BCUT2D eigenvalue weighted by Crippen LogP contribution is -2.45. The zero-order valence-corrected chi connectivity index (χ0v) is 19.4. The molecule has 170 valence electrons. The van der Waals surface area contributed by atoms with E-state index in [2.05, 4.69) is 24.1 Å². The van der Waals surface area contributed by atoms with Gasteiger partial charge in [0.25, 0.3) is 5.91 Å². The largest absolute Gasteiger partial charge is 0.388 e. The maximum absolute atomic E-state index is 14.9. The molecule has 1 aliphatic rings. The maximum atomic E-state index is 14.9. The molecule has 0 unspecified atom stereocenters. The maximum Gasteiger partial charge on any atom is 0.273 e. The fraction of sp³-hybridized carbons (Fsp3) is 0.583. The van der Waals surface area contributed by atoms with Crippen molar-refractivity contribution < 1.29 is 14.3 Å². The number of imidazole rings is 1. The summed E-state index contributed by atoms with van der Waals surface area (Å²) in [5.41, 5.74) is 0.380. The van der Waals surface area contributed by atoms with Gasteiger partial charge in [-0.05, 0) is 62.1 Å². The molecule has 2 N–H and O–H groups in total. The van der Waals surface area contributed by atoms with E-state index in [1.165, 1.54) is 10.6 Å². The Kier molecular flexibility index (Phi) is 7.76. The first-order valence-corrected chi connectivity index (χ1v) is 11.7. The Balaban J connectivity index is 1.80. The van der Waals surface area contributed by atoms with Gasteiger partial charge in [-0.15, -0.1) is 0 Å². The summed E-state index contributed by atoms with van der Waals surface area (Å²) in [6, 6.07) is 5.11. The summed E-state index contributed by atoms with van der Waals surface area (Å²) in [6.45, 7) is 6.32. The summed E-state index contributed by atoms with van der Waals surface area (Å²) in [5, 5.41) is 13.6. The second kappa shape index (κ2) is 10.1. The van der Waals surface area contributed by atoms with Gasteiger partial charge in [-0.2, -0.15) is 0 Å². The van der Waals surface area contributed by atoms with Gasteiger partial charge >= 0.3 is 0 Å². The number of aliphatic hydroxyl groups is 1. The highest BCUT2D eigenvalue weighted by Crippen LogP contribution is 2.32. The van der Waals surface area contributed by atoms with E-state index in [-0.39, 0.29) is 28.9 Å².